The molecular formula is C14H24N2O2S2. The molecule has 0 atom stereocenters. The van der Waals surface area contributed by atoms with E-state index < -0.39 is 10.0 Å². The van der Waals surface area contributed by atoms with Gasteiger partial charge in [0.1, 0.15) is 0 Å². The quantitative estimate of drug-likeness (QED) is 0.775. The molecule has 1 aromatic heterocycles. The lowest BCUT2D eigenvalue weighted by molar-refractivity contribution is 0.476. The van der Waals surface area contributed by atoms with Crippen LogP contribution in [0.15, 0.2) is 16.3 Å². The molecule has 4 nitrogen and oxygen atoms in total. The van der Waals surface area contributed by atoms with Gasteiger partial charge in [-0.05, 0) is 30.7 Å². The molecule has 1 fully saturated rings. The summed E-state index contributed by atoms with van der Waals surface area (Å²) >= 11 is 1.49. The Balaban J connectivity index is 1.95. The van der Waals surface area contributed by atoms with Gasteiger partial charge in [-0.2, -0.15) is 0 Å². The first-order valence-corrected chi connectivity index (χ1v) is 9.54. The molecule has 0 bridgehead atoms. The first-order chi connectivity index (χ1) is 9.37. The largest absolute Gasteiger partial charge is 0.310 e. The maximum absolute atomic E-state index is 12.2. The van der Waals surface area contributed by atoms with Crippen LogP contribution in [0.5, 0.6) is 0 Å². The molecule has 0 unspecified atom stereocenters. The van der Waals surface area contributed by atoms with Crippen LogP contribution in [-0.4, -0.2) is 21.0 Å². The molecule has 2 rings (SSSR count). The smallest absolute Gasteiger partial charge is 0.241 e. The number of hydrogen-bond donors (Lipinski definition) is 2. The van der Waals surface area contributed by atoms with E-state index in [1.165, 1.54) is 11.3 Å². The molecule has 2 N–H and O–H groups in total. The lowest BCUT2D eigenvalue weighted by atomic mass is 10.1. The van der Waals surface area contributed by atoms with Crippen molar-refractivity contribution >= 4 is 21.4 Å². The van der Waals surface area contributed by atoms with Crippen LogP contribution in [0.1, 0.15) is 44.9 Å². The predicted molar refractivity (Wildman–Crippen MR) is 83.4 cm³/mol. The zero-order chi connectivity index (χ0) is 14.8. The van der Waals surface area contributed by atoms with E-state index in [1.54, 1.807) is 11.4 Å². The second kappa shape index (κ2) is 6.13. The van der Waals surface area contributed by atoms with Gasteiger partial charge < -0.3 is 5.32 Å². The molecule has 1 aromatic rings. The van der Waals surface area contributed by atoms with Gasteiger partial charge in [-0.3, -0.25) is 0 Å². The van der Waals surface area contributed by atoms with Crippen molar-refractivity contribution in [3.8, 4) is 0 Å². The van der Waals surface area contributed by atoms with Crippen molar-refractivity contribution in [1.82, 2.24) is 10.0 Å². The summed E-state index contributed by atoms with van der Waals surface area (Å²) in [6.07, 6.45) is 3.32. The fourth-order valence-electron chi connectivity index (χ4n) is 2.06. The van der Waals surface area contributed by atoms with Crippen molar-refractivity contribution in [3.05, 3.63) is 16.3 Å². The van der Waals surface area contributed by atoms with Crippen LogP contribution >= 0.6 is 11.3 Å². The van der Waals surface area contributed by atoms with E-state index in [1.807, 2.05) is 0 Å². The van der Waals surface area contributed by atoms with Crippen molar-refractivity contribution in [2.45, 2.75) is 57.5 Å². The number of sulfonamides is 1. The maximum Gasteiger partial charge on any atom is 0.241 e. The summed E-state index contributed by atoms with van der Waals surface area (Å²) in [5.41, 5.74) is 0.227. The highest BCUT2D eigenvalue weighted by Gasteiger charge is 2.41. The minimum atomic E-state index is -3.35. The summed E-state index contributed by atoms with van der Waals surface area (Å²) in [5.74, 6) is 0. The number of nitrogens with one attached hydrogen (secondary N) is 2. The van der Waals surface area contributed by atoms with E-state index in [0.29, 0.717) is 17.5 Å². The molecule has 6 heteroatoms. The minimum Gasteiger partial charge on any atom is -0.310 e. The maximum atomic E-state index is 12.2. The van der Waals surface area contributed by atoms with Crippen LogP contribution < -0.4 is 10.0 Å². The highest BCUT2D eigenvalue weighted by atomic mass is 32.2. The molecule has 0 aliphatic heterocycles. The van der Waals surface area contributed by atoms with Crippen LogP contribution in [0, 0.1) is 5.41 Å². The molecule has 1 aliphatic rings. The second-order valence-corrected chi connectivity index (χ2v) is 8.73. The molecule has 0 amide bonds. The molecule has 0 aromatic carbocycles. The Hall–Kier alpha value is -0.430. The monoisotopic (exact) mass is 316 g/mol. The molecule has 1 saturated carbocycles. The topological polar surface area (TPSA) is 58.2 Å². The van der Waals surface area contributed by atoms with Crippen molar-refractivity contribution in [1.29, 1.82) is 0 Å². The lowest BCUT2D eigenvalue weighted by Gasteiger charge is -2.13. The first-order valence-electron chi connectivity index (χ1n) is 7.17. The van der Waals surface area contributed by atoms with Gasteiger partial charge >= 0.3 is 0 Å². The zero-order valence-electron chi connectivity index (χ0n) is 12.4. The van der Waals surface area contributed by atoms with E-state index in [0.717, 1.165) is 30.7 Å². The third kappa shape index (κ3) is 4.04. The molecule has 0 spiro atoms. The van der Waals surface area contributed by atoms with Gasteiger partial charge in [-0.25, -0.2) is 13.1 Å². The van der Waals surface area contributed by atoms with Crippen LogP contribution in [0.2, 0.25) is 0 Å². The van der Waals surface area contributed by atoms with E-state index in [2.05, 4.69) is 30.8 Å². The molecule has 1 heterocycles. The van der Waals surface area contributed by atoms with E-state index in [9.17, 15) is 8.42 Å². The second-order valence-electron chi connectivity index (χ2n) is 5.96. The highest BCUT2D eigenvalue weighted by molar-refractivity contribution is 7.89. The van der Waals surface area contributed by atoms with Gasteiger partial charge in [0.25, 0.3) is 0 Å². The van der Waals surface area contributed by atoms with Crippen LogP contribution in [0.3, 0.4) is 0 Å². The SMILES string of the molecule is CCC1(CNS(=O)(=O)c2csc(CNC(C)C)c2)CC1. The normalized spacial score (nSPS) is 17.6. The summed E-state index contributed by atoms with van der Waals surface area (Å²) in [6, 6.07) is 2.17. The fourth-order valence-corrected chi connectivity index (χ4v) is 4.45. The summed E-state index contributed by atoms with van der Waals surface area (Å²) in [4.78, 5) is 1.45. The van der Waals surface area contributed by atoms with Crippen molar-refractivity contribution in [3.63, 3.8) is 0 Å². The number of hydrogen-bond acceptors (Lipinski definition) is 4. The van der Waals surface area contributed by atoms with Gasteiger partial charge in [-0.1, -0.05) is 20.8 Å². The Morgan fingerprint density at radius 3 is 2.65 bits per heavy atom. The van der Waals surface area contributed by atoms with Gasteiger partial charge in [0, 0.05) is 29.4 Å². The van der Waals surface area contributed by atoms with Gasteiger partial charge in [0.05, 0.1) is 4.90 Å². The average Bonchev–Trinajstić information content (AvgIpc) is 3.02. The van der Waals surface area contributed by atoms with Gasteiger partial charge in [-0.15, -0.1) is 11.3 Å². The first kappa shape index (κ1) is 15.9. The van der Waals surface area contributed by atoms with Gasteiger partial charge in [0.15, 0.2) is 0 Å². The molecule has 20 heavy (non-hydrogen) atoms. The standard InChI is InChI=1S/C14H24N2O2S2/c1-4-14(5-6-14)10-16-20(17,18)13-7-12(19-9-13)8-15-11(2)3/h7,9,11,15-16H,4-6,8,10H2,1-3H3. The molecular weight excluding hydrogens is 292 g/mol. The number of rotatable bonds is 8. The van der Waals surface area contributed by atoms with Crippen molar-refractivity contribution < 1.29 is 8.42 Å². The Bertz CT molecular complexity index is 545. The van der Waals surface area contributed by atoms with Gasteiger partial charge in [0.2, 0.25) is 10.0 Å². The Kier molecular flexibility index (Phi) is 4.89. The Morgan fingerprint density at radius 1 is 1.40 bits per heavy atom. The molecule has 0 radical (unpaired) electrons. The zero-order valence-corrected chi connectivity index (χ0v) is 14.0. The van der Waals surface area contributed by atoms with E-state index >= 15 is 0 Å². The summed E-state index contributed by atoms with van der Waals surface area (Å²) < 4.78 is 27.3. The number of thiophene rings is 1. The average molecular weight is 316 g/mol. The van der Waals surface area contributed by atoms with Crippen LogP contribution in [0.25, 0.3) is 0 Å². The summed E-state index contributed by atoms with van der Waals surface area (Å²) in [6.45, 7) is 7.57. The minimum absolute atomic E-state index is 0.227. The Morgan fingerprint density at radius 2 is 2.10 bits per heavy atom. The van der Waals surface area contributed by atoms with E-state index in [4.69, 9.17) is 0 Å². The lowest BCUT2D eigenvalue weighted by Crippen LogP contribution is -2.29. The highest BCUT2D eigenvalue weighted by Crippen LogP contribution is 2.48. The molecule has 0 saturated heterocycles. The molecule has 114 valence electrons. The van der Waals surface area contributed by atoms with Crippen LogP contribution in [-0.2, 0) is 16.6 Å². The third-order valence-electron chi connectivity index (χ3n) is 3.97. The fraction of sp³-hybridized carbons (Fsp3) is 0.714. The van der Waals surface area contributed by atoms with Crippen LogP contribution in [0.4, 0.5) is 0 Å². The Labute approximate surface area is 126 Å². The predicted octanol–water partition coefficient (Wildman–Crippen LogP) is 2.71. The van der Waals surface area contributed by atoms with E-state index in [-0.39, 0.29) is 5.41 Å². The third-order valence-corrected chi connectivity index (χ3v) is 6.44. The summed E-state index contributed by atoms with van der Waals surface area (Å²) in [5, 5.41) is 5.02. The molecule has 1 aliphatic carbocycles. The van der Waals surface area contributed by atoms with Crippen molar-refractivity contribution in [2.24, 2.45) is 5.41 Å². The van der Waals surface area contributed by atoms with Crippen molar-refractivity contribution in [2.75, 3.05) is 6.54 Å². The summed E-state index contributed by atoms with van der Waals surface area (Å²) in [7, 11) is -3.35.